The summed E-state index contributed by atoms with van der Waals surface area (Å²) in [5.41, 5.74) is 1.07. The van der Waals surface area contributed by atoms with Gasteiger partial charge in [0, 0.05) is 38.5 Å². The summed E-state index contributed by atoms with van der Waals surface area (Å²) in [7, 11) is 1.82. The Bertz CT molecular complexity index is 941. The summed E-state index contributed by atoms with van der Waals surface area (Å²) >= 11 is 1.73. The van der Waals surface area contributed by atoms with E-state index in [0.29, 0.717) is 23.0 Å². The average molecular weight is 387 g/mol. The molecule has 0 atom stereocenters. The van der Waals surface area contributed by atoms with Crippen molar-refractivity contribution in [2.75, 3.05) is 31.1 Å². The van der Waals surface area contributed by atoms with Gasteiger partial charge in [-0.25, -0.2) is 4.98 Å². The fourth-order valence-electron chi connectivity index (χ4n) is 3.80. The Labute approximate surface area is 163 Å². The van der Waals surface area contributed by atoms with E-state index in [1.807, 2.05) is 18.5 Å². The quantitative estimate of drug-likeness (QED) is 0.636. The van der Waals surface area contributed by atoms with Gasteiger partial charge in [0.15, 0.2) is 16.3 Å². The normalized spacial score (nSPS) is 18.1. The van der Waals surface area contributed by atoms with Crippen molar-refractivity contribution in [3.63, 3.8) is 0 Å². The van der Waals surface area contributed by atoms with Crippen LogP contribution in [0.4, 0.5) is 5.95 Å². The molecular formula is C19H26N6OS. The molecular weight excluding hydrogens is 360 g/mol. The zero-order chi connectivity index (χ0) is 18.8. The number of anilines is 1. The highest BCUT2D eigenvalue weighted by Gasteiger charge is 2.24. The number of hydrogen-bond donors (Lipinski definition) is 1. The van der Waals surface area contributed by atoms with Crippen molar-refractivity contribution >= 4 is 28.9 Å². The van der Waals surface area contributed by atoms with Crippen LogP contribution in [0.3, 0.4) is 0 Å². The van der Waals surface area contributed by atoms with E-state index < -0.39 is 0 Å². The van der Waals surface area contributed by atoms with Crippen molar-refractivity contribution in [1.82, 2.24) is 24.4 Å². The van der Waals surface area contributed by atoms with Crippen LogP contribution in [0.25, 0.3) is 11.2 Å². The minimum atomic E-state index is -0.0349. The Hall–Kier alpha value is -1.98. The van der Waals surface area contributed by atoms with Crippen LogP contribution in [-0.4, -0.2) is 50.5 Å². The van der Waals surface area contributed by atoms with Crippen molar-refractivity contribution in [3.05, 3.63) is 10.4 Å². The topological polar surface area (TPSA) is 68.0 Å². The molecule has 4 rings (SSSR count). The van der Waals surface area contributed by atoms with E-state index in [-0.39, 0.29) is 5.56 Å². The van der Waals surface area contributed by atoms with Gasteiger partial charge in [-0.1, -0.05) is 30.5 Å². The molecule has 2 fully saturated rings. The Kier molecular flexibility index (Phi) is 5.41. The molecule has 144 valence electrons. The first-order valence-electron chi connectivity index (χ1n) is 9.68. The second kappa shape index (κ2) is 7.95. The van der Waals surface area contributed by atoms with Crippen molar-refractivity contribution in [1.29, 1.82) is 0 Å². The van der Waals surface area contributed by atoms with E-state index in [4.69, 9.17) is 9.97 Å². The van der Waals surface area contributed by atoms with Gasteiger partial charge in [-0.3, -0.25) is 13.9 Å². The number of nitrogens with zero attached hydrogens (tertiary/aromatic N) is 5. The van der Waals surface area contributed by atoms with Crippen LogP contribution >= 0.6 is 11.8 Å². The van der Waals surface area contributed by atoms with Crippen LogP contribution in [-0.2, 0) is 13.6 Å². The lowest BCUT2D eigenvalue weighted by Crippen LogP contribution is -2.44. The van der Waals surface area contributed by atoms with Gasteiger partial charge < -0.3 is 10.2 Å². The predicted molar refractivity (Wildman–Crippen MR) is 109 cm³/mol. The molecule has 2 aromatic heterocycles. The van der Waals surface area contributed by atoms with Crippen molar-refractivity contribution in [2.45, 2.75) is 49.6 Å². The van der Waals surface area contributed by atoms with Gasteiger partial charge in [0.2, 0.25) is 5.95 Å². The van der Waals surface area contributed by atoms with E-state index in [0.717, 1.165) is 37.3 Å². The van der Waals surface area contributed by atoms with Crippen LogP contribution in [0.2, 0.25) is 0 Å². The molecule has 7 nitrogen and oxygen atoms in total. The second-order valence-electron chi connectivity index (χ2n) is 7.12. The Morgan fingerprint density at radius 1 is 1.22 bits per heavy atom. The minimum absolute atomic E-state index is 0.0349. The van der Waals surface area contributed by atoms with Gasteiger partial charge >= 0.3 is 0 Å². The average Bonchev–Trinajstić information content (AvgIpc) is 3.32. The number of aromatic nitrogens is 4. The van der Waals surface area contributed by atoms with Gasteiger partial charge in [0.1, 0.15) is 0 Å². The van der Waals surface area contributed by atoms with E-state index >= 15 is 0 Å². The molecule has 2 aliphatic rings. The zero-order valence-electron chi connectivity index (χ0n) is 16.0. The molecule has 0 amide bonds. The minimum Gasteiger partial charge on any atom is -0.340 e. The number of piperazine rings is 1. The molecule has 0 bridgehead atoms. The van der Waals surface area contributed by atoms with Gasteiger partial charge in [-0.2, -0.15) is 4.98 Å². The fourth-order valence-corrected chi connectivity index (χ4v) is 5.05. The summed E-state index contributed by atoms with van der Waals surface area (Å²) in [6.45, 7) is 5.84. The molecule has 8 heteroatoms. The van der Waals surface area contributed by atoms with Gasteiger partial charge in [-0.05, 0) is 19.8 Å². The summed E-state index contributed by atoms with van der Waals surface area (Å²) in [4.78, 5) is 25.0. The molecule has 0 spiro atoms. The largest absolute Gasteiger partial charge is 0.340 e. The van der Waals surface area contributed by atoms with E-state index in [1.54, 1.807) is 16.3 Å². The summed E-state index contributed by atoms with van der Waals surface area (Å²) in [6.07, 6.45) is 4.94. The molecule has 1 N–H and O–H groups in total. The van der Waals surface area contributed by atoms with Gasteiger partial charge in [0.05, 0.1) is 6.54 Å². The van der Waals surface area contributed by atoms with Crippen LogP contribution in [0.5, 0.6) is 0 Å². The SMILES string of the molecule is CC#CCn1c(N2CCNCC2)nc2nc(SC3CCCC3)n(C)c(=O)c21. The summed E-state index contributed by atoms with van der Waals surface area (Å²) in [6, 6.07) is 0. The smallest absolute Gasteiger partial charge is 0.280 e. The van der Waals surface area contributed by atoms with Gasteiger partial charge in [0.25, 0.3) is 5.56 Å². The third kappa shape index (κ3) is 3.58. The molecule has 1 saturated carbocycles. The number of nitrogens with one attached hydrogen (secondary N) is 1. The first-order valence-corrected chi connectivity index (χ1v) is 10.6. The fraction of sp³-hybridized carbons (Fsp3) is 0.632. The van der Waals surface area contributed by atoms with E-state index in [1.165, 1.54) is 25.7 Å². The van der Waals surface area contributed by atoms with Crippen molar-refractivity contribution in [2.24, 2.45) is 7.05 Å². The highest BCUT2D eigenvalue weighted by atomic mass is 32.2. The highest BCUT2D eigenvalue weighted by molar-refractivity contribution is 7.99. The van der Waals surface area contributed by atoms with Crippen molar-refractivity contribution in [3.8, 4) is 11.8 Å². The number of thioether (sulfide) groups is 1. The van der Waals surface area contributed by atoms with Crippen molar-refractivity contribution < 1.29 is 0 Å². The molecule has 0 radical (unpaired) electrons. The molecule has 1 aliphatic carbocycles. The van der Waals surface area contributed by atoms with Gasteiger partial charge in [-0.15, -0.1) is 5.92 Å². The van der Waals surface area contributed by atoms with Crippen LogP contribution < -0.4 is 15.8 Å². The van der Waals surface area contributed by atoms with Crippen LogP contribution in [0.1, 0.15) is 32.6 Å². The summed E-state index contributed by atoms with van der Waals surface area (Å²) in [5, 5.41) is 4.69. The summed E-state index contributed by atoms with van der Waals surface area (Å²) < 4.78 is 3.63. The molecule has 2 aromatic rings. The van der Waals surface area contributed by atoms with E-state index in [9.17, 15) is 4.79 Å². The Balaban J connectivity index is 1.81. The third-order valence-corrected chi connectivity index (χ3v) is 6.69. The second-order valence-corrected chi connectivity index (χ2v) is 8.38. The molecule has 27 heavy (non-hydrogen) atoms. The lowest BCUT2D eigenvalue weighted by Gasteiger charge is -2.28. The lowest BCUT2D eigenvalue weighted by molar-refractivity contribution is 0.573. The zero-order valence-corrected chi connectivity index (χ0v) is 16.8. The number of hydrogen-bond acceptors (Lipinski definition) is 6. The van der Waals surface area contributed by atoms with E-state index in [2.05, 4.69) is 22.1 Å². The number of rotatable bonds is 4. The molecule has 1 aliphatic heterocycles. The molecule has 1 saturated heterocycles. The highest BCUT2D eigenvalue weighted by Crippen LogP contribution is 2.33. The maximum atomic E-state index is 13.2. The maximum absolute atomic E-state index is 13.2. The monoisotopic (exact) mass is 386 g/mol. The van der Waals surface area contributed by atoms with Crippen LogP contribution in [0.15, 0.2) is 9.95 Å². The first kappa shape index (κ1) is 18.4. The molecule has 0 unspecified atom stereocenters. The third-order valence-electron chi connectivity index (χ3n) is 5.31. The predicted octanol–water partition coefficient (Wildman–Crippen LogP) is 1.60. The molecule has 3 heterocycles. The Morgan fingerprint density at radius 3 is 2.67 bits per heavy atom. The van der Waals surface area contributed by atoms with Crippen LogP contribution in [0, 0.1) is 11.8 Å². The standard InChI is InChI=1S/C19H26N6OS/c1-3-4-11-25-15-16(21-18(25)24-12-9-20-10-13-24)22-19(23(2)17(15)26)27-14-7-5-6-8-14/h14,20H,5-13H2,1-2H3. The number of fused-ring (bicyclic) bond motifs is 1. The summed E-state index contributed by atoms with van der Waals surface area (Å²) in [5.74, 6) is 6.83. The maximum Gasteiger partial charge on any atom is 0.280 e. The molecule has 0 aromatic carbocycles. The Morgan fingerprint density at radius 2 is 1.96 bits per heavy atom. The first-order chi connectivity index (χ1) is 13.2. The lowest BCUT2D eigenvalue weighted by atomic mass is 10.4. The number of imidazole rings is 1.